The van der Waals surface area contributed by atoms with Gasteiger partial charge in [-0.05, 0) is 24.6 Å². The number of carbonyl (C=O) groups is 1. The molecule has 1 heterocycles. The van der Waals surface area contributed by atoms with Crippen molar-refractivity contribution in [2.75, 3.05) is 17.7 Å². The lowest BCUT2D eigenvalue weighted by molar-refractivity contribution is -0.137. The SMILES string of the molecule is CN1c2cc(Br)ccc2SCC1CCC(=O)O. The van der Waals surface area contributed by atoms with Crippen LogP contribution in [0.1, 0.15) is 12.8 Å². The number of carboxylic acids is 1. The van der Waals surface area contributed by atoms with Gasteiger partial charge in [-0.15, -0.1) is 11.8 Å². The zero-order chi connectivity index (χ0) is 12.4. The summed E-state index contributed by atoms with van der Waals surface area (Å²) in [6, 6.07) is 6.54. The summed E-state index contributed by atoms with van der Waals surface area (Å²) in [6.07, 6.45) is 0.934. The number of fused-ring (bicyclic) bond motifs is 1. The van der Waals surface area contributed by atoms with Gasteiger partial charge < -0.3 is 10.0 Å². The van der Waals surface area contributed by atoms with E-state index in [1.165, 1.54) is 10.6 Å². The number of carboxylic acid groups (broad SMARTS) is 1. The van der Waals surface area contributed by atoms with Crippen molar-refractivity contribution < 1.29 is 9.90 Å². The lowest BCUT2D eigenvalue weighted by atomic mass is 10.1. The molecule has 0 spiro atoms. The van der Waals surface area contributed by atoms with Gasteiger partial charge in [0.1, 0.15) is 0 Å². The van der Waals surface area contributed by atoms with E-state index in [0.29, 0.717) is 12.5 Å². The van der Waals surface area contributed by atoms with Crippen LogP contribution in [0, 0.1) is 0 Å². The number of halogens is 1. The van der Waals surface area contributed by atoms with E-state index in [-0.39, 0.29) is 6.42 Å². The minimum absolute atomic E-state index is 0.235. The maximum absolute atomic E-state index is 10.6. The van der Waals surface area contributed by atoms with E-state index in [1.54, 1.807) is 11.8 Å². The van der Waals surface area contributed by atoms with Crippen LogP contribution in [0.4, 0.5) is 5.69 Å². The van der Waals surface area contributed by atoms with Crippen molar-refractivity contribution in [1.29, 1.82) is 0 Å². The van der Waals surface area contributed by atoms with E-state index in [2.05, 4.69) is 33.0 Å². The van der Waals surface area contributed by atoms with Crippen LogP contribution < -0.4 is 4.90 Å². The first kappa shape index (κ1) is 12.8. The first-order valence-corrected chi connectivity index (χ1v) is 7.23. The molecule has 1 unspecified atom stereocenters. The van der Waals surface area contributed by atoms with Gasteiger partial charge in [-0.1, -0.05) is 15.9 Å². The third-order valence-corrected chi connectivity index (χ3v) is 4.67. The van der Waals surface area contributed by atoms with Crippen molar-refractivity contribution in [2.24, 2.45) is 0 Å². The number of thioether (sulfide) groups is 1. The molecule has 1 N–H and O–H groups in total. The van der Waals surface area contributed by atoms with Gasteiger partial charge in [-0.25, -0.2) is 0 Å². The topological polar surface area (TPSA) is 40.5 Å². The predicted octanol–water partition coefficient (Wildman–Crippen LogP) is 3.22. The first-order chi connectivity index (χ1) is 8.08. The van der Waals surface area contributed by atoms with Crippen LogP contribution in [0.15, 0.2) is 27.6 Å². The Morgan fingerprint density at radius 3 is 3.12 bits per heavy atom. The van der Waals surface area contributed by atoms with Crippen LogP contribution in [0.5, 0.6) is 0 Å². The van der Waals surface area contributed by atoms with Crippen LogP contribution in [-0.2, 0) is 4.79 Å². The Hall–Kier alpha value is -0.680. The minimum Gasteiger partial charge on any atom is -0.481 e. The summed E-state index contributed by atoms with van der Waals surface area (Å²) in [5.41, 5.74) is 1.19. The summed E-state index contributed by atoms with van der Waals surface area (Å²) < 4.78 is 1.06. The van der Waals surface area contributed by atoms with Crippen molar-refractivity contribution in [1.82, 2.24) is 0 Å². The summed E-state index contributed by atoms with van der Waals surface area (Å²) in [6.45, 7) is 0. The minimum atomic E-state index is -0.719. The summed E-state index contributed by atoms with van der Waals surface area (Å²) in [5.74, 6) is 0.238. The molecule has 1 aliphatic heterocycles. The highest BCUT2D eigenvalue weighted by Crippen LogP contribution is 2.39. The van der Waals surface area contributed by atoms with Crippen molar-refractivity contribution in [2.45, 2.75) is 23.8 Å². The third kappa shape index (κ3) is 2.96. The smallest absolute Gasteiger partial charge is 0.303 e. The van der Waals surface area contributed by atoms with Gasteiger partial charge in [0.15, 0.2) is 0 Å². The number of anilines is 1. The fraction of sp³-hybridized carbons (Fsp3) is 0.417. The van der Waals surface area contributed by atoms with Gasteiger partial charge in [0.05, 0.1) is 5.69 Å². The monoisotopic (exact) mass is 315 g/mol. The van der Waals surface area contributed by atoms with E-state index in [9.17, 15) is 4.79 Å². The number of hydrogen-bond donors (Lipinski definition) is 1. The van der Waals surface area contributed by atoms with E-state index >= 15 is 0 Å². The second kappa shape index (κ2) is 5.31. The Bertz CT molecular complexity index is 439. The van der Waals surface area contributed by atoms with Gasteiger partial charge in [0.2, 0.25) is 0 Å². The van der Waals surface area contributed by atoms with Crippen LogP contribution in [0.25, 0.3) is 0 Å². The lowest BCUT2D eigenvalue weighted by Crippen LogP contribution is -2.37. The van der Waals surface area contributed by atoms with Crippen LogP contribution in [-0.4, -0.2) is 29.9 Å². The first-order valence-electron chi connectivity index (χ1n) is 5.45. The van der Waals surface area contributed by atoms with Crippen molar-refractivity contribution in [3.63, 3.8) is 0 Å². The largest absolute Gasteiger partial charge is 0.481 e. The standard InChI is InChI=1S/C12H14BrNO2S/c1-14-9(3-5-12(15)16)7-17-11-4-2-8(13)6-10(11)14/h2,4,6,9H,3,5,7H2,1H3,(H,15,16). The Balaban J connectivity index is 2.14. The maximum atomic E-state index is 10.6. The molecule has 92 valence electrons. The molecule has 0 aromatic heterocycles. The molecule has 0 saturated carbocycles. The van der Waals surface area contributed by atoms with Crippen molar-refractivity contribution in [3.8, 4) is 0 Å². The fourth-order valence-electron chi connectivity index (χ4n) is 1.95. The molecule has 0 bridgehead atoms. The number of aliphatic carboxylic acids is 1. The lowest BCUT2D eigenvalue weighted by Gasteiger charge is -2.35. The number of rotatable bonds is 3. The Morgan fingerprint density at radius 2 is 2.41 bits per heavy atom. The summed E-state index contributed by atoms with van der Waals surface area (Å²) in [7, 11) is 2.04. The average Bonchev–Trinajstić information content (AvgIpc) is 2.29. The quantitative estimate of drug-likeness (QED) is 0.929. The highest BCUT2D eigenvalue weighted by molar-refractivity contribution is 9.10. The van der Waals surface area contributed by atoms with Gasteiger partial charge in [0, 0.05) is 34.6 Å². The molecule has 1 atom stereocenters. The van der Waals surface area contributed by atoms with Gasteiger partial charge in [-0.2, -0.15) is 0 Å². The molecule has 1 aromatic carbocycles. The van der Waals surface area contributed by atoms with E-state index in [1.807, 2.05) is 13.1 Å². The number of nitrogens with zero attached hydrogens (tertiary/aromatic N) is 1. The molecule has 0 amide bonds. The highest BCUT2D eigenvalue weighted by atomic mass is 79.9. The molecule has 0 radical (unpaired) electrons. The summed E-state index contributed by atoms with van der Waals surface area (Å²) >= 11 is 5.28. The van der Waals surface area contributed by atoms with Gasteiger partial charge >= 0.3 is 5.97 Å². The van der Waals surface area contributed by atoms with Crippen LogP contribution in [0.3, 0.4) is 0 Å². The molecule has 0 aliphatic carbocycles. The molecule has 17 heavy (non-hydrogen) atoms. The van der Waals surface area contributed by atoms with E-state index in [4.69, 9.17) is 5.11 Å². The van der Waals surface area contributed by atoms with Gasteiger partial charge in [0.25, 0.3) is 0 Å². The van der Waals surface area contributed by atoms with Gasteiger partial charge in [-0.3, -0.25) is 4.79 Å². The molecular formula is C12H14BrNO2S. The Kier molecular flexibility index (Phi) is 3.99. The fourth-order valence-corrected chi connectivity index (χ4v) is 3.58. The molecular weight excluding hydrogens is 302 g/mol. The molecule has 3 nitrogen and oxygen atoms in total. The summed E-state index contributed by atoms with van der Waals surface area (Å²) in [5, 5.41) is 8.74. The number of hydrogen-bond acceptors (Lipinski definition) is 3. The number of benzene rings is 1. The Labute approximate surface area is 113 Å². The molecule has 1 aliphatic rings. The van der Waals surface area contributed by atoms with E-state index in [0.717, 1.165) is 10.2 Å². The molecule has 0 saturated heterocycles. The molecule has 0 fully saturated rings. The normalized spacial score (nSPS) is 18.9. The molecule has 2 rings (SSSR count). The molecule has 5 heteroatoms. The predicted molar refractivity (Wildman–Crippen MR) is 73.9 cm³/mol. The maximum Gasteiger partial charge on any atom is 0.303 e. The second-order valence-electron chi connectivity index (χ2n) is 4.12. The van der Waals surface area contributed by atoms with E-state index < -0.39 is 5.97 Å². The second-order valence-corrected chi connectivity index (χ2v) is 6.10. The molecule has 1 aromatic rings. The average molecular weight is 316 g/mol. The van der Waals surface area contributed by atoms with Crippen molar-refractivity contribution >= 4 is 39.3 Å². The third-order valence-electron chi connectivity index (χ3n) is 2.97. The highest BCUT2D eigenvalue weighted by Gasteiger charge is 2.24. The Morgan fingerprint density at radius 1 is 1.65 bits per heavy atom. The summed E-state index contributed by atoms with van der Waals surface area (Å²) in [4.78, 5) is 14.1. The zero-order valence-electron chi connectivity index (χ0n) is 9.52. The van der Waals surface area contributed by atoms with Crippen molar-refractivity contribution in [3.05, 3.63) is 22.7 Å². The van der Waals surface area contributed by atoms with Crippen LogP contribution >= 0.6 is 27.7 Å². The van der Waals surface area contributed by atoms with Crippen LogP contribution in [0.2, 0.25) is 0 Å². The zero-order valence-corrected chi connectivity index (χ0v) is 11.9.